The Bertz CT molecular complexity index is 363. The fourth-order valence-electron chi connectivity index (χ4n) is 1.84. The lowest BCUT2D eigenvalue weighted by molar-refractivity contribution is 0.266. The van der Waals surface area contributed by atoms with Gasteiger partial charge in [0.05, 0.1) is 5.02 Å². The van der Waals surface area contributed by atoms with Crippen LogP contribution in [-0.4, -0.2) is 23.1 Å². The Morgan fingerprint density at radius 2 is 1.65 bits per heavy atom. The topological polar surface area (TPSA) is 23.5 Å². The zero-order chi connectivity index (χ0) is 12.8. The van der Waals surface area contributed by atoms with Gasteiger partial charge in [-0.25, -0.2) is 0 Å². The summed E-state index contributed by atoms with van der Waals surface area (Å²) in [6.07, 6.45) is 2.23. The van der Waals surface area contributed by atoms with Crippen molar-refractivity contribution in [1.29, 1.82) is 0 Å². The smallest absolute Gasteiger partial charge is 0.135 e. The Morgan fingerprint density at radius 3 is 2.18 bits per heavy atom. The third-order valence-corrected chi connectivity index (χ3v) is 3.53. The number of phenols is 1. The normalized spacial score (nSPS) is 11.1. The van der Waals surface area contributed by atoms with E-state index in [9.17, 15) is 5.11 Å². The predicted molar refractivity (Wildman–Crippen MR) is 74.0 cm³/mol. The van der Waals surface area contributed by atoms with Crippen LogP contribution in [0.5, 0.6) is 5.75 Å². The summed E-state index contributed by atoms with van der Waals surface area (Å²) in [5.74, 6) is 0.0398. The zero-order valence-corrected chi connectivity index (χ0v) is 11.9. The summed E-state index contributed by atoms with van der Waals surface area (Å²) in [5.41, 5.74) is 0.969. The van der Waals surface area contributed by atoms with Gasteiger partial charge in [-0.1, -0.05) is 43.1 Å². The van der Waals surface area contributed by atoms with Gasteiger partial charge >= 0.3 is 0 Å². The van der Waals surface area contributed by atoms with Crippen molar-refractivity contribution in [2.75, 3.05) is 13.1 Å². The average Bonchev–Trinajstić information content (AvgIpc) is 2.30. The molecule has 0 spiro atoms. The van der Waals surface area contributed by atoms with Crippen LogP contribution in [0.2, 0.25) is 10.0 Å². The van der Waals surface area contributed by atoms with E-state index in [2.05, 4.69) is 18.7 Å². The third kappa shape index (κ3) is 4.06. The minimum absolute atomic E-state index is 0.0398. The molecule has 4 heteroatoms. The molecule has 0 saturated carbocycles. The second kappa shape index (κ2) is 7.10. The SMILES string of the molecule is CCCN(CCC)Cc1ccc(O)c(Cl)c1Cl. The molecule has 0 fully saturated rings. The second-order valence-corrected chi connectivity index (χ2v) is 4.90. The molecule has 2 nitrogen and oxygen atoms in total. The summed E-state index contributed by atoms with van der Waals surface area (Å²) in [7, 11) is 0. The molecule has 17 heavy (non-hydrogen) atoms. The number of aromatic hydroxyl groups is 1. The van der Waals surface area contributed by atoms with E-state index in [-0.39, 0.29) is 10.8 Å². The average molecular weight is 276 g/mol. The highest BCUT2D eigenvalue weighted by atomic mass is 35.5. The zero-order valence-electron chi connectivity index (χ0n) is 10.3. The number of halogens is 2. The molecule has 1 N–H and O–H groups in total. The molecule has 1 rings (SSSR count). The summed E-state index contributed by atoms with van der Waals surface area (Å²) in [4.78, 5) is 2.34. The number of phenolic OH excluding ortho intramolecular Hbond substituents is 1. The number of nitrogens with zero attached hydrogens (tertiary/aromatic N) is 1. The minimum Gasteiger partial charge on any atom is -0.506 e. The highest BCUT2D eigenvalue weighted by molar-refractivity contribution is 6.43. The molecule has 0 heterocycles. The van der Waals surface area contributed by atoms with Crippen LogP contribution < -0.4 is 0 Å². The van der Waals surface area contributed by atoms with Gasteiger partial charge < -0.3 is 5.11 Å². The van der Waals surface area contributed by atoms with Crippen LogP contribution in [0.3, 0.4) is 0 Å². The van der Waals surface area contributed by atoms with E-state index in [0.717, 1.165) is 38.0 Å². The van der Waals surface area contributed by atoms with Gasteiger partial charge in [-0.05, 0) is 37.6 Å². The maximum absolute atomic E-state index is 9.44. The molecule has 0 unspecified atom stereocenters. The van der Waals surface area contributed by atoms with Crippen LogP contribution in [0, 0.1) is 0 Å². The molecular weight excluding hydrogens is 257 g/mol. The van der Waals surface area contributed by atoms with Gasteiger partial charge in [-0.15, -0.1) is 0 Å². The van der Waals surface area contributed by atoms with Crippen LogP contribution in [-0.2, 0) is 6.54 Å². The molecule has 0 amide bonds. The van der Waals surface area contributed by atoms with Gasteiger partial charge in [0.25, 0.3) is 0 Å². The summed E-state index contributed by atoms with van der Waals surface area (Å²) in [6.45, 7) is 7.19. The molecule has 0 aliphatic heterocycles. The van der Waals surface area contributed by atoms with Gasteiger partial charge in [-0.3, -0.25) is 4.90 Å². The van der Waals surface area contributed by atoms with Crippen molar-refractivity contribution >= 4 is 23.2 Å². The maximum Gasteiger partial charge on any atom is 0.135 e. The van der Waals surface area contributed by atoms with Crippen molar-refractivity contribution in [3.05, 3.63) is 27.7 Å². The Hall–Kier alpha value is -0.440. The number of hydrogen-bond donors (Lipinski definition) is 1. The van der Waals surface area contributed by atoms with E-state index in [0.29, 0.717) is 5.02 Å². The number of benzene rings is 1. The summed E-state index contributed by atoms with van der Waals surface area (Å²) in [5, 5.41) is 10.1. The summed E-state index contributed by atoms with van der Waals surface area (Å²) < 4.78 is 0. The van der Waals surface area contributed by atoms with E-state index < -0.39 is 0 Å². The Morgan fingerprint density at radius 1 is 1.06 bits per heavy atom. The fraction of sp³-hybridized carbons (Fsp3) is 0.538. The molecule has 0 bridgehead atoms. The molecule has 0 radical (unpaired) electrons. The van der Waals surface area contributed by atoms with Gasteiger partial charge in [0.1, 0.15) is 10.8 Å². The molecule has 0 atom stereocenters. The van der Waals surface area contributed by atoms with Crippen molar-refractivity contribution in [3.8, 4) is 5.75 Å². The number of rotatable bonds is 6. The fourth-order valence-corrected chi connectivity index (χ4v) is 2.25. The molecule has 1 aromatic rings. The van der Waals surface area contributed by atoms with Gasteiger partial charge in [0.2, 0.25) is 0 Å². The molecule has 0 aliphatic carbocycles. The van der Waals surface area contributed by atoms with Crippen molar-refractivity contribution in [2.45, 2.75) is 33.2 Å². The van der Waals surface area contributed by atoms with E-state index in [1.54, 1.807) is 6.07 Å². The Kier molecular flexibility index (Phi) is 6.10. The Labute approximate surface area is 113 Å². The minimum atomic E-state index is 0.0398. The summed E-state index contributed by atoms with van der Waals surface area (Å²) in [6, 6.07) is 3.43. The van der Waals surface area contributed by atoms with Crippen LogP contribution in [0.1, 0.15) is 32.3 Å². The predicted octanol–water partition coefficient (Wildman–Crippen LogP) is 4.32. The molecular formula is C13H19Cl2NO. The van der Waals surface area contributed by atoms with Crippen molar-refractivity contribution in [1.82, 2.24) is 4.90 Å². The highest BCUT2D eigenvalue weighted by Crippen LogP contribution is 2.34. The van der Waals surface area contributed by atoms with Crippen molar-refractivity contribution < 1.29 is 5.11 Å². The lowest BCUT2D eigenvalue weighted by Crippen LogP contribution is -2.25. The standard InChI is InChI=1S/C13H19Cl2NO/c1-3-7-16(8-4-2)9-10-5-6-11(17)13(15)12(10)14/h5-6,17H,3-4,7-9H2,1-2H3. The van der Waals surface area contributed by atoms with Crippen LogP contribution >= 0.6 is 23.2 Å². The molecule has 96 valence electrons. The van der Waals surface area contributed by atoms with Gasteiger partial charge in [-0.2, -0.15) is 0 Å². The highest BCUT2D eigenvalue weighted by Gasteiger charge is 2.12. The third-order valence-electron chi connectivity index (χ3n) is 2.62. The Balaban J connectivity index is 2.82. The quantitative estimate of drug-likeness (QED) is 0.836. The lowest BCUT2D eigenvalue weighted by Gasteiger charge is -2.21. The largest absolute Gasteiger partial charge is 0.506 e. The van der Waals surface area contributed by atoms with Gasteiger partial charge in [0.15, 0.2) is 0 Å². The first-order chi connectivity index (χ1) is 8.10. The molecule has 0 saturated heterocycles. The monoisotopic (exact) mass is 275 g/mol. The van der Waals surface area contributed by atoms with Gasteiger partial charge in [0, 0.05) is 6.54 Å². The second-order valence-electron chi connectivity index (χ2n) is 4.15. The van der Waals surface area contributed by atoms with E-state index in [1.165, 1.54) is 0 Å². The van der Waals surface area contributed by atoms with Crippen LogP contribution in [0.4, 0.5) is 0 Å². The van der Waals surface area contributed by atoms with Crippen molar-refractivity contribution in [3.63, 3.8) is 0 Å². The van der Waals surface area contributed by atoms with Crippen LogP contribution in [0.25, 0.3) is 0 Å². The maximum atomic E-state index is 9.44. The first-order valence-corrected chi connectivity index (χ1v) is 6.73. The lowest BCUT2D eigenvalue weighted by atomic mass is 10.2. The molecule has 0 aromatic heterocycles. The first kappa shape index (κ1) is 14.6. The van der Waals surface area contributed by atoms with E-state index in [4.69, 9.17) is 23.2 Å². The van der Waals surface area contributed by atoms with E-state index in [1.807, 2.05) is 6.07 Å². The first-order valence-electron chi connectivity index (χ1n) is 5.98. The molecule has 1 aromatic carbocycles. The van der Waals surface area contributed by atoms with Crippen LogP contribution in [0.15, 0.2) is 12.1 Å². The van der Waals surface area contributed by atoms with Crippen molar-refractivity contribution in [2.24, 2.45) is 0 Å². The van der Waals surface area contributed by atoms with E-state index >= 15 is 0 Å². The summed E-state index contributed by atoms with van der Waals surface area (Å²) >= 11 is 12.0. The number of hydrogen-bond acceptors (Lipinski definition) is 2. The molecule has 0 aliphatic rings.